The molecule has 16 heavy (non-hydrogen) atoms. The first kappa shape index (κ1) is 12.8. The molecular formula is C13H21FN2. The van der Waals surface area contributed by atoms with Gasteiger partial charge in [0, 0.05) is 24.0 Å². The maximum absolute atomic E-state index is 13.3. The number of nitrogen functional groups attached to an aromatic ring is 1. The van der Waals surface area contributed by atoms with Crippen LogP contribution in [0.1, 0.15) is 27.7 Å². The number of nitrogens with zero attached hydrogens (tertiary/aromatic N) is 1. The minimum Gasteiger partial charge on any atom is -0.399 e. The molecule has 2 nitrogen and oxygen atoms in total. The summed E-state index contributed by atoms with van der Waals surface area (Å²) in [5.41, 5.74) is 7.00. The van der Waals surface area contributed by atoms with Gasteiger partial charge in [0.05, 0.1) is 0 Å². The van der Waals surface area contributed by atoms with Gasteiger partial charge in [-0.15, -0.1) is 0 Å². The molecule has 0 atom stereocenters. The molecule has 1 aromatic carbocycles. The molecule has 0 aliphatic carbocycles. The standard InChI is InChI=1S/C13H21FN2/c1-9(2)8-16(10(3)4)13-6-11(14)5-12(15)7-13/h5-7,9-10H,8,15H2,1-4H3. The van der Waals surface area contributed by atoms with E-state index in [0.29, 0.717) is 17.6 Å². The summed E-state index contributed by atoms with van der Waals surface area (Å²) in [6.07, 6.45) is 0. The predicted molar refractivity (Wildman–Crippen MR) is 68.1 cm³/mol. The molecule has 0 saturated heterocycles. The third-order valence-electron chi connectivity index (χ3n) is 2.42. The van der Waals surface area contributed by atoms with Crippen LogP contribution >= 0.6 is 0 Å². The fourth-order valence-electron chi connectivity index (χ4n) is 1.77. The molecule has 0 amide bonds. The molecule has 0 saturated carbocycles. The first-order valence-corrected chi connectivity index (χ1v) is 5.73. The van der Waals surface area contributed by atoms with Gasteiger partial charge in [0.1, 0.15) is 5.82 Å². The minimum absolute atomic E-state index is 0.274. The Labute approximate surface area is 97.3 Å². The summed E-state index contributed by atoms with van der Waals surface area (Å²) < 4.78 is 13.3. The van der Waals surface area contributed by atoms with Gasteiger partial charge in [-0.25, -0.2) is 4.39 Å². The second-order valence-corrected chi connectivity index (χ2v) is 4.88. The van der Waals surface area contributed by atoms with Crippen molar-refractivity contribution < 1.29 is 4.39 Å². The summed E-state index contributed by atoms with van der Waals surface area (Å²) in [5.74, 6) is 0.260. The molecule has 90 valence electrons. The summed E-state index contributed by atoms with van der Waals surface area (Å²) >= 11 is 0. The van der Waals surface area contributed by atoms with Gasteiger partial charge < -0.3 is 10.6 Å². The van der Waals surface area contributed by atoms with Crippen LogP contribution in [-0.2, 0) is 0 Å². The number of benzene rings is 1. The first-order valence-electron chi connectivity index (χ1n) is 5.73. The summed E-state index contributed by atoms with van der Waals surface area (Å²) in [7, 11) is 0. The zero-order chi connectivity index (χ0) is 12.3. The van der Waals surface area contributed by atoms with Crippen LogP contribution in [-0.4, -0.2) is 12.6 Å². The van der Waals surface area contributed by atoms with Gasteiger partial charge in [0.2, 0.25) is 0 Å². The number of hydrogen-bond acceptors (Lipinski definition) is 2. The zero-order valence-corrected chi connectivity index (χ0v) is 10.5. The highest BCUT2D eigenvalue weighted by atomic mass is 19.1. The van der Waals surface area contributed by atoms with Crippen LogP contribution in [0.5, 0.6) is 0 Å². The van der Waals surface area contributed by atoms with Crippen LogP contribution in [0.15, 0.2) is 18.2 Å². The summed E-state index contributed by atoms with van der Waals surface area (Å²) in [4.78, 5) is 2.17. The van der Waals surface area contributed by atoms with E-state index in [2.05, 4.69) is 32.6 Å². The largest absolute Gasteiger partial charge is 0.399 e. The number of nitrogens with two attached hydrogens (primary N) is 1. The molecule has 0 fully saturated rings. The second kappa shape index (κ2) is 5.19. The van der Waals surface area contributed by atoms with E-state index in [1.807, 2.05) is 6.07 Å². The van der Waals surface area contributed by atoms with Crippen LogP contribution < -0.4 is 10.6 Å². The highest BCUT2D eigenvalue weighted by Gasteiger charge is 2.13. The quantitative estimate of drug-likeness (QED) is 0.795. The fourth-order valence-corrected chi connectivity index (χ4v) is 1.77. The van der Waals surface area contributed by atoms with Crippen molar-refractivity contribution in [1.29, 1.82) is 0 Å². The Balaban J connectivity index is 3.00. The van der Waals surface area contributed by atoms with Crippen LogP contribution in [0, 0.1) is 11.7 Å². The average molecular weight is 224 g/mol. The zero-order valence-electron chi connectivity index (χ0n) is 10.5. The summed E-state index contributed by atoms with van der Waals surface area (Å²) in [5, 5.41) is 0. The lowest BCUT2D eigenvalue weighted by Gasteiger charge is -2.31. The first-order chi connectivity index (χ1) is 7.40. The molecule has 0 aliphatic heterocycles. The Hall–Kier alpha value is -1.25. The molecule has 3 heteroatoms. The number of rotatable bonds is 4. The summed E-state index contributed by atoms with van der Waals surface area (Å²) in [6, 6.07) is 5.05. The maximum Gasteiger partial charge on any atom is 0.127 e. The second-order valence-electron chi connectivity index (χ2n) is 4.88. The van der Waals surface area contributed by atoms with Gasteiger partial charge in [-0.2, -0.15) is 0 Å². The molecule has 0 aromatic heterocycles. The molecular weight excluding hydrogens is 203 g/mol. The van der Waals surface area contributed by atoms with Crippen molar-refractivity contribution in [2.24, 2.45) is 5.92 Å². The molecule has 1 rings (SSSR count). The van der Waals surface area contributed by atoms with Crippen molar-refractivity contribution in [3.63, 3.8) is 0 Å². The predicted octanol–water partition coefficient (Wildman–Crippen LogP) is 3.28. The van der Waals surface area contributed by atoms with Gasteiger partial charge >= 0.3 is 0 Å². The highest BCUT2D eigenvalue weighted by Crippen LogP contribution is 2.22. The van der Waals surface area contributed by atoms with E-state index < -0.39 is 0 Å². The van der Waals surface area contributed by atoms with Crippen molar-refractivity contribution in [3.05, 3.63) is 24.0 Å². The third-order valence-corrected chi connectivity index (χ3v) is 2.42. The Morgan fingerprint density at radius 1 is 1.19 bits per heavy atom. The highest BCUT2D eigenvalue weighted by molar-refractivity contribution is 5.56. The van der Waals surface area contributed by atoms with Crippen LogP contribution in [0.25, 0.3) is 0 Å². The Morgan fingerprint density at radius 3 is 2.25 bits per heavy atom. The third kappa shape index (κ3) is 3.40. The molecule has 0 heterocycles. The van der Waals surface area contributed by atoms with Gasteiger partial charge in [-0.3, -0.25) is 0 Å². The van der Waals surface area contributed by atoms with E-state index in [1.54, 1.807) is 6.07 Å². The Morgan fingerprint density at radius 2 is 1.81 bits per heavy atom. The maximum atomic E-state index is 13.3. The van der Waals surface area contributed by atoms with Gasteiger partial charge in [-0.1, -0.05) is 13.8 Å². The number of halogens is 1. The van der Waals surface area contributed by atoms with Crippen molar-refractivity contribution in [2.75, 3.05) is 17.2 Å². The van der Waals surface area contributed by atoms with Crippen molar-refractivity contribution in [3.8, 4) is 0 Å². The molecule has 0 bridgehead atoms. The SMILES string of the molecule is CC(C)CN(c1cc(N)cc(F)c1)C(C)C. The topological polar surface area (TPSA) is 29.3 Å². The van der Waals surface area contributed by atoms with Crippen molar-refractivity contribution in [2.45, 2.75) is 33.7 Å². The van der Waals surface area contributed by atoms with E-state index in [0.717, 1.165) is 12.2 Å². The monoisotopic (exact) mass is 224 g/mol. The van der Waals surface area contributed by atoms with Crippen molar-refractivity contribution in [1.82, 2.24) is 0 Å². The van der Waals surface area contributed by atoms with E-state index in [9.17, 15) is 4.39 Å². The normalized spacial score (nSPS) is 11.2. The van der Waals surface area contributed by atoms with Crippen molar-refractivity contribution >= 4 is 11.4 Å². The fraction of sp³-hybridized carbons (Fsp3) is 0.538. The van der Waals surface area contributed by atoms with Gasteiger partial charge in [0.15, 0.2) is 0 Å². The van der Waals surface area contributed by atoms with E-state index in [4.69, 9.17) is 5.73 Å². The van der Waals surface area contributed by atoms with Crippen LogP contribution in [0.3, 0.4) is 0 Å². The molecule has 0 aliphatic rings. The minimum atomic E-state index is -0.274. The van der Waals surface area contributed by atoms with E-state index >= 15 is 0 Å². The Bertz CT molecular complexity index is 328. The molecule has 2 N–H and O–H groups in total. The van der Waals surface area contributed by atoms with Crippen LogP contribution in [0.2, 0.25) is 0 Å². The van der Waals surface area contributed by atoms with E-state index in [-0.39, 0.29) is 5.82 Å². The van der Waals surface area contributed by atoms with E-state index in [1.165, 1.54) is 6.07 Å². The number of anilines is 2. The molecule has 0 unspecified atom stereocenters. The lowest BCUT2D eigenvalue weighted by Crippen LogP contribution is -2.34. The summed E-state index contributed by atoms with van der Waals surface area (Å²) in [6.45, 7) is 9.41. The lowest BCUT2D eigenvalue weighted by molar-refractivity contribution is 0.567. The smallest absolute Gasteiger partial charge is 0.127 e. The van der Waals surface area contributed by atoms with Gasteiger partial charge in [0.25, 0.3) is 0 Å². The molecule has 1 aromatic rings. The lowest BCUT2D eigenvalue weighted by atomic mass is 10.1. The average Bonchev–Trinajstić information content (AvgIpc) is 2.11. The molecule has 0 spiro atoms. The van der Waals surface area contributed by atoms with Gasteiger partial charge in [-0.05, 0) is 38.0 Å². The van der Waals surface area contributed by atoms with Crippen LogP contribution in [0.4, 0.5) is 15.8 Å². The Kier molecular flexibility index (Phi) is 4.16. The molecule has 0 radical (unpaired) electrons. The number of hydrogen-bond donors (Lipinski definition) is 1.